The van der Waals surface area contributed by atoms with E-state index >= 15 is 0 Å². The quantitative estimate of drug-likeness (QED) is 0.443. The van der Waals surface area contributed by atoms with Crippen LogP contribution in [0.25, 0.3) is 10.1 Å². The molecule has 0 saturated carbocycles. The molecule has 142 valence electrons. The lowest BCUT2D eigenvalue weighted by atomic mass is 10.2. The average Bonchev–Trinajstić information content (AvgIpc) is 2.95. The molecule has 0 fully saturated rings. The number of esters is 1. The van der Waals surface area contributed by atoms with Crippen LogP contribution in [0.15, 0.2) is 29.6 Å². The third-order valence-electron chi connectivity index (χ3n) is 3.70. The van der Waals surface area contributed by atoms with Crippen LogP contribution in [-0.4, -0.2) is 11.0 Å². The molecule has 0 aliphatic carbocycles. The number of benzene rings is 1. The number of pyridine rings is 1. The summed E-state index contributed by atoms with van der Waals surface area (Å²) in [6.07, 6.45) is -4.52. The molecule has 0 saturated heterocycles. The number of rotatable bonds is 4. The number of aryl methyl sites for hydroxylation is 1. The molecule has 0 N–H and O–H groups in total. The van der Waals surface area contributed by atoms with Gasteiger partial charge in [0.15, 0.2) is 5.75 Å². The first-order valence-electron chi connectivity index (χ1n) is 7.71. The lowest BCUT2D eigenvalue weighted by molar-refractivity contribution is -0.141. The lowest BCUT2D eigenvalue weighted by Crippen LogP contribution is -2.10. The maximum atomic E-state index is 14.4. The fourth-order valence-electron chi connectivity index (χ4n) is 2.44. The smallest absolute Gasteiger partial charge is 0.433 e. The molecular weight excluding hydrogens is 386 g/mol. The molecular formula is C18H13F4NO3S. The van der Waals surface area contributed by atoms with Crippen LogP contribution in [0.3, 0.4) is 0 Å². The molecule has 0 atom stereocenters. The number of nitrogens with zero attached hydrogens (tertiary/aromatic N) is 1. The Morgan fingerprint density at radius 2 is 2.00 bits per heavy atom. The number of ether oxygens (including phenoxy) is 2. The van der Waals surface area contributed by atoms with Crippen LogP contribution in [0.4, 0.5) is 17.6 Å². The Kier molecular flexibility index (Phi) is 5.05. The number of carbonyl (C=O) groups is 1. The Hall–Kier alpha value is -2.68. The second kappa shape index (κ2) is 7.15. The minimum atomic E-state index is -4.52. The first kappa shape index (κ1) is 19.1. The summed E-state index contributed by atoms with van der Waals surface area (Å²) < 4.78 is 63.3. The first-order valence-corrected chi connectivity index (χ1v) is 8.59. The minimum Gasteiger partial charge on any atom is -0.489 e. The molecule has 0 radical (unpaired) electrons. The van der Waals surface area contributed by atoms with Crippen LogP contribution >= 0.6 is 11.3 Å². The van der Waals surface area contributed by atoms with Crippen LogP contribution in [0.5, 0.6) is 11.5 Å². The monoisotopic (exact) mass is 399 g/mol. The third-order valence-corrected chi connectivity index (χ3v) is 4.61. The van der Waals surface area contributed by atoms with Crippen molar-refractivity contribution < 1.29 is 31.8 Å². The Morgan fingerprint density at radius 3 is 2.63 bits per heavy atom. The summed E-state index contributed by atoms with van der Waals surface area (Å²) in [5.74, 6) is -0.841. The first-order chi connectivity index (χ1) is 12.6. The van der Waals surface area contributed by atoms with Crippen LogP contribution < -0.4 is 9.47 Å². The Morgan fingerprint density at radius 1 is 1.26 bits per heavy atom. The molecule has 0 bridgehead atoms. The number of thiophene rings is 1. The van der Waals surface area contributed by atoms with Gasteiger partial charge >= 0.3 is 12.1 Å². The number of fused-ring (bicyclic) bond motifs is 1. The summed E-state index contributed by atoms with van der Waals surface area (Å²) in [6.45, 7) is 2.60. The van der Waals surface area contributed by atoms with Gasteiger partial charge in [0.1, 0.15) is 23.9 Å². The summed E-state index contributed by atoms with van der Waals surface area (Å²) in [6, 6.07) is 4.86. The largest absolute Gasteiger partial charge is 0.489 e. The van der Waals surface area contributed by atoms with E-state index in [9.17, 15) is 22.4 Å². The van der Waals surface area contributed by atoms with E-state index in [0.717, 1.165) is 12.1 Å². The second-order valence-corrected chi connectivity index (χ2v) is 6.61. The number of halogens is 4. The van der Waals surface area contributed by atoms with Gasteiger partial charge in [0.05, 0.1) is 5.39 Å². The van der Waals surface area contributed by atoms with E-state index < -0.39 is 23.7 Å². The van der Waals surface area contributed by atoms with Crippen molar-refractivity contribution in [2.75, 3.05) is 0 Å². The summed E-state index contributed by atoms with van der Waals surface area (Å²) in [7, 11) is 0. The highest BCUT2D eigenvalue weighted by molar-refractivity contribution is 7.17. The van der Waals surface area contributed by atoms with Gasteiger partial charge in [-0.2, -0.15) is 13.2 Å². The Bertz CT molecular complexity index is 1010. The van der Waals surface area contributed by atoms with Crippen molar-refractivity contribution in [3.05, 3.63) is 52.4 Å². The molecule has 0 spiro atoms. The SMILES string of the molecule is CC(=O)Oc1csc2cc(OCc3ccc(C(F)(F)F)nc3C)cc(F)c12. The molecule has 0 aliphatic heterocycles. The zero-order valence-electron chi connectivity index (χ0n) is 14.2. The number of hydrogen-bond acceptors (Lipinski definition) is 5. The molecule has 9 heteroatoms. The van der Waals surface area contributed by atoms with Crippen LogP contribution in [0.2, 0.25) is 0 Å². The van der Waals surface area contributed by atoms with E-state index in [-0.39, 0.29) is 29.2 Å². The third kappa shape index (κ3) is 4.19. The van der Waals surface area contributed by atoms with Gasteiger partial charge in [-0.15, -0.1) is 11.3 Å². The summed E-state index contributed by atoms with van der Waals surface area (Å²) in [5, 5.41) is 1.69. The van der Waals surface area contributed by atoms with Gasteiger partial charge in [0.2, 0.25) is 0 Å². The Labute approximate surface area is 155 Å². The van der Waals surface area contributed by atoms with Crippen molar-refractivity contribution in [2.45, 2.75) is 26.6 Å². The van der Waals surface area contributed by atoms with Gasteiger partial charge in [-0.05, 0) is 19.1 Å². The summed E-state index contributed by atoms with van der Waals surface area (Å²) in [4.78, 5) is 14.6. The molecule has 0 unspecified atom stereocenters. The highest BCUT2D eigenvalue weighted by Gasteiger charge is 2.32. The fourth-order valence-corrected chi connectivity index (χ4v) is 3.34. The van der Waals surface area contributed by atoms with Crippen molar-refractivity contribution in [3.8, 4) is 11.5 Å². The standard InChI is InChI=1S/C18H13F4NO3S/c1-9-11(3-4-16(23-9)18(20,21)22)7-25-12-5-13(19)17-14(26-10(2)24)8-27-15(17)6-12/h3-6,8H,7H2,1-2H3. The molecule has 2 heterocycles. The number of alkyl halides is 3. The molecule has 1 aromatic carbocycles. The maximum Gasteiger partial charge on any atom is 0.433 e. The molecule has 4 nitrogen and oxygen atoms in total. The minimum absolute atomic E-state index is 0.0654. The average molecular weight is 399 g/mol. The highest BCUT2D eigenvalue weighted by atomic mass is 32.1. The van der Waals surface area contributed by atoms with Crippen molar-refractivity contribution in [3.63, 3.8) is 0 Å². The van der Waals surface area contributed by atoms with E-state index in [2.05, 4.69) is 4.98 Å². The summed E-state index contributed by atoms with van der Waals surface area (Å²) >= 11 is 1.18. The molecule has 0 aliphatic rings. The molecule has 2 aromatic heterocycles. The molecule has 3 rings (SSSR count). The van der Waals surface area contributed by atoms with Gasteiger partial charge < -0.3 is 9.47 Å². The van der Waals surface area contributed by atoms with Gasteiger partial charge in [0, 0.05) is 34.3 Å². The maximum absolute atomic E-state index is 14.4. The second-order valence-electron chi connectivity index (χ2n) is 5.70. The summed E-state index contributed by atoms with van der Waals surface area (Å²) in [5.41, 5.74) is -0.345. The molecule has 3 aromatic rings. The van der Waals surface area contributed by atoms with Gasteiger partial charge in [-0.3, -0.25) is 4.79 Å². The number of aromatic nitrogens is 1. The number of hydrogen-bond donors (Lipinski definition) is 0. The van der Waals surface area contributed by atoms with E-state index in [0.29, 0.717) is 10.3 Å². The van der Waals surface area contributed by atoms with Crippen molar-refractivity contribution >= 4 is 27.4 Å². The predicted molar refractivity (Wildman–Crippen MR) is 91.4 cm³/mol. The van der Waals surface area contributed by atoms with E-state index in [1.807, 2.05) is 0 Å². The van der Waals surface area contributed by atoms with Crippen molar-refractivity contribution in [2.24, 2.45) is 0 Å². The van der Waals surface area contributed by atoms with E-state index in [4.69, 9.17) is 9.47 Å². The zero-order chi connectivity index (χ0) is 19.8. The lowest BCUT2D eigenvalue weighted by Gasteiger charge is -2.11. The molecule has 27 heavy (non-hydrogen) atoms. The predicted octanol–water partition coefficient (Wildman–Crippen LogP) is 5.27. The van der Waals surface area contributed by atoms with Gasteiger partial charge in [-0.25, -0.2) is 9.37 Å². The van der Waals surface area contributed by atoms with E-state index in [1.165, 1.54) is 36.6 Å². The normalized spacial score (nSPS) is 11.6. The van der Waals surface area contributed by atoms with Gasteiger partial charge in [-0.1, -0.05) is 6.07 Å². The zero-order valence-corrected chi connectivity index (χ0v) is 15.0. The Balaban J connectivity index is 1.81. The highest BCUT2D eigenvalue weighted by Crippen LogP contribution is 2.37. The fraction of sp³-hybridized carbons (Fsp3) is 0.222. The van der Waals surface area contributed by atoms with E-state index in [1.54, 1.807) is 6.07 Å². The van der Waals surface area contributed by atoms with Crippen LogP contribution in [0.1, 0.15) is 23.9 Å². The number of carbonyl (C=O) groups excluding carboxylic acids is 1. The van der Waals surface area contributed by atoms with Crippen molar-refractivity contribution in [1.82, 2.24) is 4.98 Å². The topological polar surface area (TPSA) is 48.4 Å². The van der Waals surface area contributed by atoms with Gasteiger partial charge in [0.25, 0.3) is 0 Å². The van der Waals surface area contributed by atoms with Crippen LogP contribution in [-0.2, 0) is 17.6 Å². The van der Waals surface area contributed by atoms with Crippen LogP contribution in [0, 0.1) is 12.7 Å². The van der Waals surface area contributed by atoms with Crippen molar-refractivity contribution in [1.29, 1.82) is 0 Å². The molecule has 0 amide bonds.